The molecule has 2 rings (SSSR count). The zero-order valence-corrected chi connectivity index (χ0v) is 16.4. The first-order valence-electron chi connectivity index (χ1n) is 4.56. The molecule has 1 heterocycles. The number of aromatic nitrogens is 1. The normalized spacial score (nSPS) is 9.28. The van der Waals surface area contributed by atoms with Gasteiger partial charge in [0.15, 0.2) is 5.82 Å². The third kappa shape index (κ3) is 6.85. The molecule has 0 aliphatic heterocycles. The molecule has 3 nitrogen and oxygen atoms in total. The molecule has 0 spiro atoms. The van der Waals surface area contributed by atoms with Gasteiger partial charge in [0.05, 0.1) is 5.69 Å². The molecule has 6 heteroatoms. The summed E-state index contributed by atoms with van der Waals surface area (Å²) >= 11 is 6.21. The van der Waals surface area contributed by atoms with Crippen molar-refractivity contribution in [2.75, 3.05) is 0 Å². The molecule has 0 saturated carbocycles. The van der Waals surface area contributed by atoms with Gasteiger partial charge in [-0.3, -0.25) is 0 Å². The molecule has 0 bridgehead atoms. The van der Waals surface area contributed by atoms with Crippen LogP contribution in [0.15, 0.2) is 58.9 Å². The second-order valence-electron chi connectivity index (χ2n) is 2.87. The Morgan fingerprint density at radius 1 is 0.944 bits per heavy atom. The van der Waals surface area contributed by atoms with Crippen molar-refractivity contribution in [1.82, 2.24) is 4.98 Å². The summed E-state index contributed by atoms with van der Waals surface area (Å²) < 4.78 is 1.09. The standard InChI is InChI=1S/C11H8IN3.CH3.HI.Os/c12-9-6-7-11(13-8-9)15-14-10-4-2-1-3-5-10;;;/h1-8H;1H3;1H;/q;-1;;+1/p-1. The minimum atomic E-state index is 0. The Morgan fingerprint density at radius 3 is 2.17 bits per heavy atom. The molecule has 97 valence electrons. The Hall–Kier alpha value is 0.0664. The van der Waals surface area contributed by atoms with E-state index in [1.54, 1.807) is 6.20 Å². The van der Waals surface area contributed by atoms with E-state index >= 15 is 0 Å². The maximum atomic E-state index is 4.13. The van der Waals surface area contributed by atoms with Crippen molar-refractivity contribution in [3.8, 4) is 0 Å². The van der Waals surface area contributed by atoms with Gasteiger partial charge in [0.1, 0.15) is 0 Å². The summed E-state index contributed by atoms with van der Waals surface area (Å²) in [6.45, 7) is 0. The molecular formula is C12H11I2N3Os-. The van der Waals surface area contributed by atoms with Crippen LogP contribution >= 0.6 is 42.3 Å². The predicted octanol–water partition coefficient (Wildman–Crippen LogP) is 5.44. The van der Waals surface area contributed by atoms with Crippen LogP contribution in [0.2, 0.25) is 0 Å². The third-order valence-corrected chi connectivity index (χ3v) is 2.37. The van der Waals surface area contributed by atoms with E-state index in [9.17, 15) is 0 Å². The van der Waals surface area contributed by atoms with Gasteiger partial charge in [0.2, 0.25) is 0 Å². The van der Waals surface area contributed by atoms with E-state index in [4.69, 9.17) is 0 Å². The van der Waals surface area contributed by atoms with Gasteiger partial charge < -0.3 is 7.43 Å². The van der Waals surface area contributed by atoms with Gasteiger partial charge in [0, 0.05) is 9.77 Å². The van der Waals surface area contributed by atoms with Gasteiger partial charge >= 0.3 is 34.7 Å². The molecular weight excluding hydrogens is 630 g/mol. The number of pyridine rings is 1. The number of halogens is 2. The van der Waals surface area contributed by atoms with E-state index in [-0.39, 0.29) is 7.43 Å². The van der Waals surface area contributed by atoms with Crippen molar-refractivity contribution >= 4 is 53.8 Å². The van der Waals surface area contributed by atoms with Gasteiger partial charge in [-0.2, -0.15) is 0 Å². The second kappa shape index (κ2) is 10.9. The number of rotatable bonds is 2. The molecule has 0 fully saturated rings. The van der Waals surface area contributed by atoms with Gasteiger partial charge in [-0.05, 0) is 46.9 Å². The van der Waals surface area contributed by atoms with E-state index < -0.39 is 0 Å². The first kappa shape index (κ1) is 18.1. The van der Waals surface area contributed by atoms with Crippen LogP contribution in [0.5, 0.6) is 0 Å². The summed E-state index contributed by atoms with van der Waals surface area (Å²) in [5, 5.41) is 8.09. The first-order chi connectivity index (χ1) is 8.34. The van der Waals surface area contributed by atoms with Gasteiger partial charge in [-0.25, -0.2) is 4.98 Å². The molecule has 0 unspecified atom stereocenters. The van der Waals surface area contributed by atoms with Gasteiger partial charge in [0.25, 0.3) is 0 Å². The fraction of sp³-hybridized carbons (Fsp3) is 0. The van der Waals surface area contributed by atoms with Crippen LogP contribution in [-0.4, -0.2) is 4.98 Å². The molecule has 0 amide bonds. The van der Waals surface area contributed by atoms with Crippen LogP contribution in [0.4, 0.5) is 11.5 Å². The second-order valence-corrected chi connectivity index (χ2v) is 4.12. The van der Waals surface area contributed by atoms with Crippen LogP contribution in [0.25, 0.3) is 0 Å². The minimum absolute atomic E-state index is 0. The maximum absolute atomic E-state index is 4.13. The number of hydrogen-bond donors (Lipinski definition) is 0. The predicted molar refractivity (Wildman–Crippen MR) is 88.0 cm³/mol. The van der Waals surface area contributed by atoms with Crippen LogP contribution in [-0.2, 0) is 15.1 Å². The monoisotopic (exact) mass is 643 g/mol. The molecule has 18 heavy (non-hydrogen) atoms. The topological polar surface area (TPSA) is 37.6 Å². The molecule has 0 N–H and O–H groups in total. The van der Waals surface area contributed by atoms with Crippen molar-refractivity contribution in [3.63, 3.8) is 0 Å². The van der Waals surface area contributed by atoms with Gasteiger partial charge in [-0.15, -0.1) is 10.2 Å². The number of azo groups is 1. The quantitative estimate of drug-likeness (QED) is 0.245. The Balaban J connectivity index is 0.000000917. The van der Waals surface area contributed by atoms with Crippen LogP contribution in [0.1, 0.15) is 0 Å². The Kier molecular flexibility index (Phi) is 11.0. The van der Waals surface area contributed by atoms with E-state index in [1.165, 1.54) is 0 Å². The zero-order valence-electron chi connectivity index (χ0n) is 9.57. The van der Waals surface area contributed by atoms with Crippen molar-refractivity contribution in [2.45, 2.75) is 0 Å². The first-order valence-corrected chi connectivity index (χ1v) is 12.8. The molecule has 0 radical (unpaired) electrons. The molecule has 0 atom stereocenters. The average Bonchev–Trinajstić information content (AvgIpc) is 2.42. The van der Waals surface area contributed by atoms with E-state index in [2.05, 4.69) is 57.5 Å². The Bertz CT molecular complexity index is 461. The molecule has 0 saturated heterocycles. The van der Waals surface area contributed by atoms with Crippen LogP contribution < -0.4 is 0 Å². The van der Waals surface area contributed by atoms with Crippen molar-refractivity contribution in [2.24, 2.45) is 10.2 Å². The molecule has 1 aromatic carbocycles. The van der Waals surface area contributed by atoms with Crippen LogP contribution in [0, 0.1) is 11.0 Å². The van der Waals surface area contributed by atoms with Crippen LogP contribution in [0.3, 0.4) is 0 Å². The van der Waals surface area contributed by atoms with Gasteiger partial charge in [-0.1, -0.05) is 18.2 Å². The summed E-state index contributed by atoms with van der Waals surface area (Å²) in [4.78, 5) is 4.13. The summed E-state index contributed by atoms with van der Waals surface area (Å²) in [5.74, 6) is 0.624. The fourth-order valence-electron chi connectivity index (χ4n) is 1.03. The van der Waals surface area contributed by atoms with Crippen molar-refractivity contribution in [3.05, 3.63) is 59.7 Å². The molecule has 2 aromatic rings. The molecule has 0 aliphatic carbocycles. The summed E-state index contributed by atoms with van der Waals surface area (Å²) in [7, 11) is 0. The fourth-order valence-corrected chi connectivity index (χ4v) is 1.35. The molecule has 1 aromatic heterocycles. The zero-order chi connectivity index (χ0) is 12.5. The summed E-state index contributed by atoms with van der Waals surface area (Å²) in [6.07, 6.45) is 1.76. The average molecular weight is 641 g/mol. The Morgan fingerprint density at radius 2 is 1.61 bits per heavy atom. The van der Waals surface area contributed by atoms with E-state index in [0.29, 0.717) is 5.82 Å². The summed E-state index contributed by atoms with van der Waals surface area (Å²) in [5.41, 5.74) is 0.831. The number of nitrogens with zero attached hydrogens (tertiary/aromatic N) is 3. The number of benzene rings is 1. The van der Waals surface area contributed by atoms with E-state index in [0.717, 1.165) is 9.26 Å². The van der Waals surface area contributed by atoms with Crippen molar-refractivity contribution < 1.29 is 15.1 Å². The van der Waals surface area contributed by atoms with E-state index in [1.807, 2.05) is 57.5 Å². The number of hydrogen-bond acceptors (Lipinski definition) is 3. The Labute approximate surface area is 142 Å². The van der Waals surface area contributed by atoms with Crippen molar-refractivity contribution in [1.29, 1.82) is 0 Å². The third-order valence-electron chi connectivity index (χ3n) is 1.74. The summed E-state index contributed by atoms with van der Waals surface area (Å²) in [6, 6.07) is 13.4. The SMILES string of the molecule is Ic1ccc(N=Nc2ccccc2)nc1.[CH3-].[I][Os]. The molecule has 0 aliphatic rings.